The number of fused-ring (bicyclic) bond motifs is 2. The normalized spacial score (nSPS) is 13.0. The Kier molecular flexibility index (Phi) is 2.81. The van der Waals surface area contributed by atoms with Gasteiger partial charge in [-0.25, -0.2) is 0 Å². The van der Waals surface area contributed by atoms with Gasteiger partial charge < -0.3 is 15.3 Å². The van der Waals surface area contributed by atoms with Crippen LogP contribution in [0.1, 0.15) is 43.0 Å². The van der Waals surface area contributed by atoms with Crippen molar-refractivity contribution in [2.24, 2.45) is 0 Å². The third kappa shape index (κ3) is 1.61. The van der Waals surface area contributed by atoms with Gasteiger partial charge in [0, 0.05) is 22.3 Å². The lowest BCUT2D eigenvalue weighted by atomic mass is 9.81. The Labute approximate surface area is 120 Å². The Hall–Kier alpha value is -2.66. The number of ketones is 2. The van der Waals surface area contributed by atoms with E-state index >= 15 is 0 Å². The van der Waals surface area contributed by atoms with Crippen LogP contribution in [0.15, 0.2) is 24.3 Å². The summed E-state index contributed by atoms with van der Waals surface area (Å²) in [6, 6.07) is 6.24. The number of phenols is 2. The van der Waals surface area contributed by atoms with E-state index in [2.05, 4.69) is 0 Å². The van der Waals surface area contributed by atoms with Gasteiger partial charge in [-0.1, -0.05) is 24.3 Å². The van der Waals surface area contributed by atoms with Crippen LogP contribution in [0.5, 0.6) is 11.5 Å². The fourth-order valence-electron chi connectivity index (χ4n) is 2.68. The molecule has 0 spiro atoms. The summed E-state index contributed by atoms with van der Waals surface area (Å²) in [7, 11) is 0. The van der Waals surface area contributed by atoms with Crippen LogP contribution < -0.4 is 0 Å². The van der Waals surface area contributed by atoms with E-state index in [0.717, 1.165) is 0 Å². The molecule has 0 saturated heterocycles. The summed E-state index contributed by atoms with van der Waals surface area (Å²) in [6.07, 6.45) is 0. The van der Waals surface area contributed by atoms with E-state index in [0.29, 0.717) is 0 Å². The number of phenolic OH excluding ortho intramolecular Hbond substituents is 1. The first-order valence-corrected chi connectivity index (χ1v) is 6.35. The highest BCUT2D eigenvalue weighted by molar-refractivity contribution is 6.30. The summed E-state index contributed by atoms with van der Waals surface area (Å²) < 4.78 is 0. The van der Waals surface area contributed by atoms with E-state index in [-0.39, 0.29) is 39.1 Å². The lowest BCUT2D eigenvalue weighted by Crippen LogP contribution is -2.22. The maximum Gasteiger partial charge on any atom is 0.198 e. The lowest BCUT2D eigenvalue weighted by Gasteiger charge is -2.22. The maximum absolute atomic E-state index is 12.5. The number of aliphatic hydroxyl groups is 1. The number of carbonyl (C=O) groups excluding carboxylic acids is 2. The zero-order valence-corrected chi connectivity index (χ0v) is 11.2. The number of aliphatic hydroxyl groups excluding tert-OH is 1. The van der Waals surface area contributed by atoms with E-state index < -0.39 is 23.9 Å². The van der Waals surface area contributed by atoms with E-state index in [1.165, 1.54) is 19.1 Å². The maximum atomic E-state index is 12.5. The van der Waals surface area contributed by atoms with Gasteiger partial charge >= 0.3 is 0 Å². The van der Waals surface area contributed by atoms with Crippen molar-refractivity contribution in [3.8, 4) is 11.5 Å². The average Bonchev–Trinajstić information content (AvgIpc) is 2.49. The van der Waals surface area contributed by atoms with Gasteiger partial charge in [0.25, 0.3) is 0 Å². The van der Waals surface area contributed by atoms with Crippen molar-refractivity contribution in [2.75, 3.05) is 0 Å². The predicted molar refractivity (Wildman–Crippen MR) is 73.7 cm³/mol. The molecule has 0 heterocycles. The van der Waals surface area contributed by atoms with Crippen LogP contribution in [-0.2, 0) is 6.61 Å². The molecule has 0 amide bonds. The Balaban J connectivity index is 2.44. The Morgan fingerprint density at radius 1 is 0.905 bits per heavy atom. The molecule has 5 nitrogen and oxygen atoms in total. The van der Waals surface area contributed by atoms with Crippen molar-refractivity contribution < 1.29 is 24.9 Å². The van der Waals surface area contributed by atoms with E-state index in [1.54, 1.807) is 12.1 Å². The molecule has 2 aromatic rings. The van der Waals surface area contributed by atoms with Gasteiger partial charge in [0.05, 0.1) is 17.7 Å². The molecule has 106 valence electrons. The first-order chi connectivity index (χ1) is 9.99. The highest BCUT2D eigenvalue weighted by atomic mass is 16.3. The molecule has 0 fully saturated rings. The van der Waals surface area contributed by atoms with Crippen LogP contribution >= 0.6 is 0 Å². The highest BCUT2D eigenvalue weighted by Crippen LogP contribution is 2.42. The minimum absolute atomic E-state index is 0.0479. The predicted octanol–water partition coefficient (Wildman–Crippen LogP) is 1.67. The SMILES string of the molecule is Cc1c(O)c2c(c(O)c1CO)C(=O)c1ccccc1C2=O. The minimum atomic E-state index is -0.540. The number of carbonyl (C=O) groups is 2. The van der Waals surface area contributed by atoms with E-state index in [1.807, 2.05) is 0 Å². The molecule has 3 rings (SSSR count). The molecule has 2 aromatic carbocycles. The minimum Gasteiger partial charge on any atom is -0.507 e. The molecular formula is C16H12O5. The van der Waals surface area contributed by atoms with E-state index in [4.69, 9.17) is 0 Å². The zero-order valence-electron chi connectivity index (χ0n) is 11.2. The van der Waals surface area contributed by atoms with E-state index in [9.17, 15) is 24.9 Å². The van der Waals surface area contributed by atoms with Crippen molar-refractivity contribution in [1.82, 2.24) is 0 Å². The number of hydrogen-bond acceptors (Lipinski definition) is 5. The summed E-state index contributed by atoms with van der Waals surface area (Å²) in [6.45, 7) is 0.931. The summed E-state index contributed by atoms with van der Waals surface area (Å²) in [5, 5.41) is 29.7. The topological polar surface area (TPSA) is 94.8 Å². The summed E-state index contributed by atoms with van der Waals surface area (Å²) in [5.74, 6) is -1.88. The van der Waals surface area contributed by atoms with Crippen LogP contribution in [0.25, 0.3) is 0 Å². The molecular weight excluding hydrogens is 272 g/mol. The number of aromatic hydroxyl groups is 2. The fraction of sp³-hybridized carbons (Fsp3) is 0.125. The molecule has 1 aliphatic carbocycles. The second-order valence-electron chi connectivity index (χ2n) is 4.91. The molecule has 0 saturated carbocycles. The molecule has 1 aliphatic rings. The van der Waals surface area contributed by atoms with Gasteiger partial charge in [-0.05, 0) is 6.92 Å². The molecule has 0 aromatic heterocycles. The number of rotatable bonds is 1. The van der Waals surface area contributed by atoms with Crippen molar-refractivity contribution in [3.05, 3.63) is 57.6 Å². The monoisotopic (exact) mass is 284 g/mol. The van der Waals surface area contributed by atoms with Gasteiger partial charge in [0.1, 0.15) is 11.5 Å². The van der Waals surface area contributed by atoms with Gasteiger partial charge in [0.2, 0.25) is 0 Å². The van der Waals surface area contributed by atoms with Gasteiger partial charge in [-0.15, -0.1) is 0 Å². The van der Waals surface area contributed by atoms with Crippen LogP contribution in [0, 0.1) is 6.92 Å². The van der Waals surface area contributed by atoms with Crippen molar-refractivity contribution in [2.45, 2.75) is 13.5 Å². The van der Waals surface area contributed by atoms with Gasteiger partial charge in [-0.2, -0.15) is 0 Å². The second-order valence-corrected chi connectivity index (χ2v) is 4.91. The lowest BCUT2D eigenvalue weighted by molar-refractivity contribution is 0.0973. The summed E-state index contributed by atoms with van der Waals surface area (Å²) in [4.78, 5) is 25.0. The largest absolute Gasteiger partial charge is 0.507 e. The van der Waals surface area contributed by atoms with Crippen LogP contribution in [0.3, 0.4) is 0 Å². The Bertz CT molecular complexity index is 805. The van der Waals surface area contributed by atoms with Crippen LogP contribution in [0.2, 0.25) is 0 Å². The molecule has 3 N–H and O–H groups in total. The fourth-order valence-corrected chi connectivity index (χ4v) is 2.68. The standard InChI is InChI=1S/C16H12O5/c1-7-10(6-17)16(21)12-11(13(7)18)14(19)8-4-2-3-5-9(8)15(12)20/h2-5,17-18,21H,6H2,1H3. The van der Waals surface area contributed by atoms with Gasteiger partial charge in [0.15, 0.2) is 11.6 Å². The van der Waals surface area contributed by atoms with Crippen LogP contribution in [0.4, 0.5) is 0 Å². The summed E-state index contributed by atoms with van der Waals surface area (Å²) in [5.41, 5.74) is 0.163. The number of hydrogen-bond donors (Lipinski definition) is 3. The third-order valence-corrected chi connectivity index (χ3v) is 3.85. The second kappa shape index (κ2) is 4.43. The van der Waals surface area contributed by atoms with Crippen LogP contribution in [-0.4, -0.2) is 26.9 Å². The van der Waals surface area contributed by atoms with Crippen molar-refractivity contribution >= 4 is 11.6 Å². The Morgan fingerprint density at radius 3 is 1.86 bits per heavy atom. The van der Waals surface area contributed by atoms with Crippen molar-refractivity contribution in [3.63, 3.8) is 0 Å². The molecule has 0 aliphatic heterocycles. The molecule has 5 heteroatoms. The molecule has 0 unspecified atom stereocenters. The average molecular weight is 284 g/mol. The molecule has 0 atom stereocenters. The Morgan fingerprint density at radius 2 is 1.38 bits per heavy atom. The first-order valence-electron chi connectivity index (χ1n) is 6.35. The smallest absolute Gasteiger partial charge is 0.198 e. The first kappa shape index (κ1) is 13.3. The highest BCUT2D eigenvalue weighted by Gasteiger charge is 2.36. The third-order valence-electron chi connectivity index (χ3n) is 3.85. The number of benzene rings is 2. The molecule has 0 radical (unpaired) electrons. The quantitative estimate of drug-likeness (QED) is 0.591. The van der Waals surface area contributed by atoms with Crippen molar-refractivity contribution in [1.29, 1.82) is 0 Å². The molecule has 21 heavy (non-hydrogen) atoms. The summed E-state index contributed by atoms with van der Waals surface area (Å²) >= 11 is 0. The zero-order chi connectivity index (χ0) is 15.3. The molecule has 0 bridgehead atoms. The van der Waals surface area contributed by atoms with Gasteiger partial charge in [-0.3, -0.25) is 9.59 Å².